The molecule has 1 atom stereocenters. The molecule has 1 aliphatic carbocycles. The molecule has 2 aromatic rings. The Morgan fingerprint density at radius 2 is 2.24 bits per heavy atom. The Hall–Kier alpha value is -1.13. The van der Waals surface area contributed by atoms with Crippen LogP contribution in [0.2, 0.25) is 5.02 Å². The standard InChI is InChI=1S/C12H12ClFN2O/c1-12(15,6-2-3-6)11-16-9-5-7(14)4-8(13)10(9)17-11/h4-6H,2-3,15H2,1H3. The SMILES string of the molecule is CC(N)(c1nc2cc(F)cc(Cl)c2o1)C1CC1. The first kappa shape index (κ1) is 11.0. The predicted octanol–water partition coefficient (Wildman–Crippen LogP) is 3.20. The predicted molar refractivity (Wildman–Crippen MR) is 63.2 cm³/mol. The number of nitrogens with two attached hydrogens (primary N) is 1. The van der Waals surface area contributed by atoms with Gasteiger partial charge >= 0.3 is 0 Å². The molecule has 1 aliphatic rings. The van der Waals surface area contributed by atoms with E-state index in [9.17, 15) is 4.39 Å². The van der Waals surface area contributed by atoms with Gasteiger partial charge in [0.25, 0.3) is 0 Å². The first-order chi connectivity index (χ1) is 7.98. The summed E-state index contributed by atoms with van der Waals surface area (Å²) < 4.78 is 18.8. The molecule has 0 radical (unpaired) electrons. The summed E-state index contributed by atoms with van der Waals surface area (Å²) in [5.41, 5.74) is 6.43. The van der Waals surface area contributed by atoms with Crippen LogP contribution in [0.4, 0.5) is 4.39 Å². The van der Waals surface area contributed by atoms with Gasteiger partial charge in [-0.05, 0) is 31.7 Å². The monoisotopic (exact) mass is 254 g/mol. The Labute approximate surface area is 103 Å². The van der Waals surface area contributed by atoms with Gasteiger partial charge in [-0.3, -0.25) is 0 Å². The van der Waals surface area contributed by atoms with Gasteiger partial charge in [0.2, 0.25) is 5.89 Å². The molecule has 17 heavy (non-hydrogen) atoms. The Kier molecular flexibility index (Phi) is 2.22. The van der Waals surface area contributed by atoms with E-state index in [1.807, 2.05) is 6.92 Å². The first-order valence-corrected chi connectivity index (χ1v) is 5.91. The lowest BCUT2D eigenvalue weighted by Crippen LogP contribution is -2.35. The molecule has 1 aromatic heterocycles. The maximum atomic E-state index is 13.2. The number of aromatic nitrogens is 1. The average molecular weight is 255 g/mol. The summed E-state index contributed by atoms with van der Waals surface area (Å²) in [4.78, 5) is 4.25. The lowest BCUT2D eigenvalue weighted by molar-refractivity contribution is 0.327. The van der Waals surface area contributed by atoms with Crippen LogP contribution in [0.25, 0.3) is 11.1 Å². The van der Waals surface area contributed by atoms with Crippen LogP contribution in [0, 0.1) is 11.7 Å². The van der Waals surface area contributed by atoms with Crippen molar-refractivity contribution >= 4 is 22.7 Å². The number of fused-ring (bicyclic) bond motifs is 1. The van der Waals surface area contributed by atoms with E-state index in [1.54, 1.807) is 0 Å². The second-order valence-electron chi connectivity index (χ2n) is 4.81. The molecule has 1 fully saturated rings. The van der Waals surface area contributed by atoms with Crippen LogP contribution in [-0.4, -0.2) is 4.98 Å². The van der Waals surface area contributed by atoms with Crippen molar-refractivity contribution in [2.75, 3.05) is 0 Å². The van der Waals surface area contributed by atoms with Gasteiger partial charge in [-0.2, -0.15) is 0 Å². The third-order valence-electron chi connectivity index (χ3n) is 3.30. The Bertz CT molecular complexity index is 589. The maximum Gasteiger partial charge on any atom is 0.215 e. The topological polar surface area (TPSA) is 52.0 Å². The second-order valence-corrected chi connectivity index (χ2v) is 5.22. The van der Waals surface area contributed by atoms with Gasteiger partial charge in [0.1, 0.15) is 11.3 Å². The molecular weight excluding hydrogens is 243 g/mol. The van der Waals surface area contributed by atoms with E-state index in [2.05, 4.69) is 4.98 Å². The minimum atomic E-state index is -0.598. The molecule has 5 heteroatoms. The molecule has 0 amide bonds. The zero-order chi connectivity index (χ0) is 12.2. The van der Waals surface area contributed by atoms with Gasteiger partial charge in [0.15, 0.2) is 5.58 Å². The highest BCUT2D eigenvalue weighted by molar-refractivity contribution is 6.34. The van der Waals surface area contributed by atoms with E-state index >= 15 is 0 Å². The Balaban J connectivity index is 2.16. The number of hydrogen-bond acceptors (Lipinski definition) is 3. The normalized spacial score (nSPS) is 19.5. The average Bonchev–Trinajstić information content (AvgIpc) is 2.99. The second kappa shape index (κ2) is 3.43. The molecule has 0 bridgehead atoms. The summed E-state index contributed by atoms with van der Waals surface area (Å²) in [5, 5.41) is 0.227. The van der Waals surface area contributed by atoms with Crippen LogP contribution >= 0.6 is 11.6 Å². The summed E-state index contributed by atoms with van der Waals surface area (Å²) in [6, 6.07) is 2.51. The van der Waals surface area contributed by atoms with E-state index in [4.69, 9.17) is 21.8 Å². The molecule has 0 saturated heterocycles. The van der Waals surface area contributed by atoms with Crippen molar-refractivity contribution in [3.63, 3.8) is 0 Å². The number of oxazole rings is 1. The van der Waals surface area contributed by atoms with Crippen LogP contribution in [0.1, 0.15) is 25.7 Å². The molecule has 1 unspecified atom stereocenters. The van der Waals surface area contributed by atoms with Crippen molar-refractivity contribution in [3.05, 3.63) is 28.9 Å². The van der Waals surface area contributed by atoms with E-state index in [1.165, 1.54) is 12.1 Å². The zero-order valence-corrected chi connectivity index (χ0v) is 10.1. The highest BCUT2D eigenvalue weighted by Crippen LogP contribution is 2.44. The highest BCUT2D eigenvalue weighted by atomic mass is 35.5. The van der Waals surface area contributed by atoms with Crippen molar-refractivity contribution in [2.24, 2.45) is 11.7 Å². The molecule has 2 N–H and O–H groups in total. The molecule has 3 nitrogen and oxygen atoms in total. The molecule has 1 aromatic carbocycles. The Morgan fingerprint density at radius 3 is 2.88 bits per heavy atom. The van der Waals surface area contributed by atoms with Gasteiger partial charge < -0.3 is 10.2 Å². The van der Waals surface area contributed by atoms with Crippen LogP contribution in [0.3, 0.4) is 0 Å². The fourth-order valence-corrected chi connectivity index (χ4v) is 2.29. The lowest BCUT2D eigenvalue weighted by atomic mass is 9.97. The van der Waals surface area contributed by atoms with Gasteiger partial charge in [0.05, 0.1) is 10.6 Å². The van der Waals surface area contributed by atoms with Gasteiger partial charge in [0, 0.05) is 6.07 Å². The van der Waals surface area contributed by atoms with Crippen LogP contribution in [0.5, 0.6) is 0 Å². The fraction of sp³-hybridized carbons (Fsp3) is 0.417. The molecule has 0 aliphatic heterocycles. The zero-order valence-electron chi connectivity index (χ0n) is 9.34. The van der Waals surface area contributed by atoms with Crippen molar-refractivity contribution in [1.29, 1.82) is 0 Å². The van der Waals surface area contributed by atoms with E-state index in [0.29, 0.717) is 22.9 Å². The van der Waals surface area contributed by atoms with Gasteiger partial charge in [-0.25, -0.2) is 9.37 Å². The highest BCUT2D eigenvalue weighted by Gasteiger charge is 2.43. The summed E-state index contributed by atoms with van der Waals surface area (Å²) in [6.07, 6.45) is 2.15. The first-order valence-electron chi connectivity index (χ1n) is 5.53. The maximum absolute atomic E-state index is 13.2. The summed E-state index contributed by atoms with van der Waals surface area (Å²) in [6.45, 7) is 1.89. The number of benzene rings is 1. The quantitative estimate of drug-likeness (QED) is 0.895. The summed E-state index contributed by atoms with van der Waals surface area (Å²) in [7, 11) is 0. The minimum Gasteiger partial charge on any atom is -0.437 e. The smallest absolute Gasteiger partial charge is 0.215 e. The van der Waals surface area contributed by atoms with Crippen molar-refractivity contribution in [1.82, 2.24) is 4.98 Å². The van der Waals surface area contributed by atoms with Crippen LogP contribution in [-0.2, 0) is 5.54 Å². The largest absolute Gasteiger partial charge is 0.437 e. The number of rotatable bonds is 2. The van der Waals surface area contributed by atoms with Crippen LogP contribution < -0.4 is 5.73 Å². The van der Waals surface area contributed by atoms with Gasteiger partial charge in [-0.1, -0.05) is 11.6 Å². The third-order valence-corrected chi connectivity index (χ3v) is 3.58. The minimum absolute atomic E-state index is 0.227. The van der Waals surface area contributed by atoms with E-state index < -0.39 is 11.4 Å². The third kappa shape index (κ3) is 1.72. The lowest BCUT2D eigenvalue weighted by Gasteiger charge is -2.19. The molecular formula is C12H12ClFN2O. The molecule has 3 rings (SSSR count). The summed E-state index contributed by atoms with van der Waals surface area (Å²) in [5.74, 6) is 0.397. The fourth-order valence-electron chi connectivity index (χ4n) is 2.05. The van der Waals surface area contributed by atoms with E-state index in [-0.39, 0.29) is 5.02 Å². The molecule has 90 valence electrons. The number of nitrogens with zero attached hydrogens (tertiary/aromatic N) is 1. The molecule has 0 spiro atoms. The number of hydrogen-bond donors (Lipinski definition) is 1. The van der Waals surface area contributed by atoms with Crippen molar-refractivity contribution in [2.45, 2.75) is 25.3 Å². The van der Waals surface area contributed by atoms with Crippen molar-refractivity contribution < 1.29 is 8.81 Å². The van der Waals surface area contributed by atoms with Gasteiger partial charge in [-0.15, -0.1) is 0 Å². The summed E-state index contributed by atoms with van der Waals surface area (Å²) >= 11 is 5.91. The number of halogens is 2. The Morgan fingerprint density at radius 1 is 1.53 bits per heavy atom. The molecule has 1 heterocycles. The molecule has 1 saturated carbocycles. The van der Waals surface area contributed by atoms with Crippen LogP contribution in [0.15, 0.2) is 16.5 Å². The van der Waals surface area contributed by atoms with E-state index in [0.717, 1.165) is 12.8 Å². The van der Waals surface area contributed by atoms with Crippen molar-refractivity contribution in [3.8, 4) is 0 Å².